The Hall–Kier alpha value is -0.810. The van der Waals surface area contributed by atoms with Crippen LogP contribution in [0, 0.1) is 5.41 Å². The molecule has 1 aliphatic rings. The molecule has 2 amide bonds. The lowest BCUT2D eigenvalue weighted by molar-refractivity contribution is 0.00766. The van der Waals surface area contributed by atoms with Crippen LogP contribution in [-0.2, 0) is 4.74 Å². The maximum Gasteiger partial charge on any atom is 0.321 e. The van der Waals surface area contributed by atoms with Crippen molar-refractivity contribution in [2.24, 2.45) is 5.41 Å². The first-order valence-corrected chi connectivity index (χ1v) is 5.14. The molecule has 0 bridgehead atoms. The Kier molecular flexibility index (Phi) is 3.93. The predicted octanol–water partition coefficient (Wildman–Crippen LogP) is 0.346. The van der Waals surface area contributed by atoms with E-state index < -0.39 is 0 Å². The van der Waals surface area contributed by atoms with Crippen LogP contribution in [0.1, 0.15) is 13.8 Å². The molecule has 88 valence electrons. The molecule has 15 heavy (non-hydrogen) atoms. The monoisotopic (exact) mass is 216 g/mol. The summed E-state index contributed by atoms with van der Waals surface area (Å²) in [5.41, 5.74) is 0.0433. The fourth-order valence-corrected chi connectivity index (χ4v) is 1.97. The van der Waals surface area contributed by atoms with Crippen molar-refractivity contribution in [3.63, 3.8) is 0 Å². The molecule has 0 radical (unpaired) electrons. The molecule has 0 aliphatic carbocycles. The summed E-state index contributed by atoms with van der Waals surface area (Å²) in [4.78, 5) is 15.2. The highest BCUT2D eigenvalue weighted by molar-refractivity contribution is 5.75. The number of carbonyl (C=O) groups is 1. The smallest absolute Gasteiger partial charge is 0.321 e. The predicted molar refractivity (Wildman–Crippen MR) is 56.4 cm³/mol. The second kappa shape index (κ2) is 4.81. The summed E-state index contributed by atoms with van der Waals surface area (Å²) < 4.78 is 4.99. The lowest BCUT2D eigenvalue weighted by Gasteiger charge is -2.43. The van der Waals surface area contributed by atoms with Crippen LogP contribution in [0.5, 0.6) is 0 Å². The highest BCUT2D eigenvalue weighted by Crippen LogP contribution is 2.24. The maximum absolute atomic E-state index is 11.9. The Labute approximate surface area is 90.6 Å². The Morgan fingerprint density at radius 1 is 1.40 bits per heavy atom. The van der Waals surface area contributed by atoms with Gasteiger partial charge in [0.05, 0.1) is 6.61 Å². The quantitative estimate of drug-likeness (QED) is 0.737. The van der Waals surface area contributed by atoms with Crippen LogP contribution < -0.4 is 0 Å². The van der Waals surface area contributed by atoms with Crippen molar-refractivity contribution in [3.05, 3.63) is 0 Å². The molecule has 0 spiro atoms. The van der Waals surface area contributed by atoms with E-state index in [1.807, 2.05) is 0 Å². The van der Waals surface area contributed by atoms with Gasteiger partial charge in [0.1, 0.15) is 6.73 Å². The van der Waals surface area contributed by atoms with Crippen molar-refractivity contribution in [2.45, 2.75) is 13.8 Å². The number of hydrogen-bond acceptors (Lipinski definition) is 3. The maximum atomic E-state index is 11.9. The normalized spacial score (nSPS) is 20.9. The average Bonchev–Trinajstić information content (AvgIpc) is 2.13. The fraction of sp³-hybridized carbons (Fsp3) is 0.900. The van der Waals surface area contributed by atoms with Gasteiger partial charge in [-0.2, -0.15) is 0 Å². The second-order valence-electron chi connectivity index (χ2n) is 4.71. The molecule has 1 aliphatic heterocycles. The molecule has 1 saturated heterocycles. The highest BCUT2D eigenvalue weighted by atomic mass is 16.5. The van der Waals surface area contributed by atoms with E-state index in [1.54, 1.807) is 16.9 Å². The first kappa shape index (κ1) is 12.3. The third kappa shape index (κ3) is 3.07. The first-order chi connectivity index (χ1) is 7.00. The number of ether oxygens (including phenoxy) is 1. The summed E-state index contributed by atoms with van der Waals surface area (Å²) in [5, 5.41) is 8.88. The lowest BCUT2D eigenvalue weighted by atomic mass is 9.90. The van der Waals surface area contributed by atoms with Crippen LogP contribution in [0.15, 0.2) is 0 Å². The molecular formula is C10H20N2O3. The molecule has 5 nitrogen and oxygen atoms in total. The zero-order valence-electron chi connectivity index (χ0n) is 9.69. The molecule has 1 rings (SSSR count). The van der Waals surface area contributed by atoms with Crippen LogP contribution in [0.25, 0.3) is 0 Å². The van der Waals surface area contributed by atoms with Crippen LogP contribution in [0.3, 0.4) is 0 Å². The molecule has 5 heteroatoms. The van der Waals surface area contributed by atoms with E-state index in [9.17, 15) is 4.79 Å². The van der Waals surface area contributed by atoms with Crippen LogP contribution >= 0.6 is 0 Å². The molecule has 0 unspecified atom stereocenters. The van der Waals surface area contributed by atoms with E-state index in [0.29, 0.717) is 26.4 Å². The van der Waals surface area contributed by atoms with Crippen LogP contribution in [0.4, 0.5) is 4.79 Å². The number of rotatable bonds is 4. The first-order valence-electron chi connectivity index (χ1n) is 5.14. The largest absolute Gasteiger partial charge is 0.395 e. The summed E-state index contributed by atoms with van der Waals surface area (Å²) >= 11 is 0. The average molecular weight is 216 g/mol. The molecule has 0 aromatic heterocycles. The Morgan fingerprint density at radius 2 is 2.00 bits per heavy atom. The molecule has 1 fully saturated rings. The van der Waals surface area contributed by atoms with Gasteiger partial charge >= 0.3 is 6.03 Å². The van der Waals surface area contributed by atoms with Gasteiger partial charge in [-0.1, -0.05) is 13.8 Å². The molecule has 0 aromatic carbocycles. The number of methoxy groups -OCH3 is 1. The minimum absolute atomic E-state index is 0.00262. The lowest BCUT2D eigenvalue weighted by Crippen LogP contribution is -2.57. The van der Waals surface area contributed by atoms with E-state index in [4.69, 9.17) is 9.84 Å². The molecule has 1 N–H and O–H groups in total. The number of carbonyl (C=O) groups excluding carboxylic acids is 1. The van der Waals surface area contributed by atoms with E-state index in [-0.39, 0.29) is 18.1 Å². The fourth-order valence-electron chi connectivity index (χ4n) is 1.97. The van der Waals surface area contributed by atoms with Gasteiger partial charge in [0.2, 0.25) is 0 Å². The second-order valence-corrected chi connectivity index (χ2v) is 4.71. The minimum Gasteiger partial charge on any atom is -0.395 e. The number of nitrogens with zero attached hydrogens (tertiary/aromatic N) is 2. The molecule has 1 heterocycles. The Morgan fingerprint density at radius 3 is 2.53 bits per heavy atom. The van der Waals surface area contributed by atoms with Crippen molar-refractivity contribution < 1.29 is 14.6 Å². The van der Waals surface area contributed by atoms with Crippen molar-refractivity contribution in [3.8, 4) is 0 Å². The van der Waals surface area contributed by atoms with Crippen molar-refractivity contribution >= 4 is 6.03 Å². The topological polar surface area (TPSA) is 53.0 Å². The molecule has 0 saturated carbocycles. The van der Waals surface area contributed by atoms with Gasteiger partial charge in [-0.25, -0.2) is 4.79 Å². The number of aliphatic hydroxyl groups is 1. The van der Waals surface area contributed by atoms with E-state index in [2.05, 4.69) is 13.8 Å². The van der Waals surface area contributed by atoms with Gasteiger partial charge in [0.15, 0.2) is 0 Å². The Bertz CT molecular complexity index is 211. The zero-order chi connectivity index (χ0) is 11.5. The van der Waals surface area contributed by atoms with E-state index in [0.717, 1.165) is 0 Å². The van der Waals surface area contributed by atoms with Gasteiger partial charge in [-0.15, -0.1) is 0 Å². The van der Waals surface area contributed by atoms with Gasteiger partial charge in [-0.05, 0) is 0 Å². The standard InChI is InChI=1S/C10H20N2O3/c1-10(2)6-11(4-5-13)9(14)12(7-10)8-15-3/h13H,4-8H2,1-3H3. The summed E-state index contributed by atoms with van der Waals surface area (Å²) in [6.07, 6.45) is 0. The third-order valence-corrected chi connectivity index (χ3v) is 2.43. The van der Waals surface area contributed by atoms with Gasteiger partial charge in [0, 0.05) is 32.2 Å². The third-order valence-electron chi connectivity index (χ3n) is 2.43. The number of urea groups is 1. The number of aliphatic hydroxyl groups excluding tert-OH is 1. The minimum atomic E-state index is -0.0507. The van der Waals surface area contributed by atoms with E-state index in [1.165, 1.54) is 0 Å². The van der Waals surface area contributed by atoms with Crippen LogP contribution in [-0.4, -0.2) is 61.0 Å². The molecule has 0 atom stereocenters. The number of amides is 2. The summed E-state index contributed by atoms with van der Waals surface area (Å²) in [7, 11) is 1.57. The number of hydrogen-bond donors (Lipinski definition) is 1. The van der Waals surface area contributed by atoms with Crippen molar-refractivity contribution in [1.82, 2.24) is 9.80 Å². The zero-order valence-corrected chi connectivity index (χ0v) is 9.69. The van der Waals surface area contributed by atoms with Crippen molar-refractivity contribution in [2.75, 3.05) is 40.1 Å². The van der Waals surface area contributed by atoms with Crippen molar-refractivity contribution in [1.29, 1.82) is 0 Å². The summed E-state index contributed by atoms with van der Waals surface area (Å²) in [5.74, 6) is 0. The van der Waals surface area contributed by atoms with Gasteiger partial charge in [0.25, 0.3) is 0 Å². The SMILES string of the molecule is COCN1CC(C)(C)CN(CCO)C1=O. The highest BCUT2D eigenvalue weighted by Gasteiger charge is 2.35. The van der Waals surface area contributed by atoms with E-state index >= 15 is 0 Å². The van der Waals surface area contributed by atoms with Gasteiger partial charge in [-0.3, -0.25) is 0 Å². The molecule has 0 aromatic rings. The Balaban J connectivity index is 2.69. The van der Waals surface area contributed by atoms with Crippen LogP contribution in [0.2, 0.25) is 0 Å². The van der Waals surface area contributed by atoms with Gasteiger partial charge < -0.3 is 19.6 Å². The molecular weight excluding hydrogens is 196 g/mol. The summed E-state index contributed by atoms with van der Waals surface area (Å²) in [6, 6.07) is -0.0507. The number of β-amino-alcohol motifs (C(OH)–C–C–N with tert-alkyl or cyclic N) is 1. The summed E-state index contributed by atoms with van der Waals surface area (Å²) in [6.45, 7) is 6.29.